The molecule has 0 saturated carbocycles. The van der Waals surface area contributed by atoms with E-state index in [-0.39, 0.29) is 17.8 Å². The second-order valence-corrected chi connectivity index (χ2v) is 4.68. The second-order valence-electron chi connectivity index (χ2n) is 4.26. The first-order valence-electron chi connectivity index (χ1n) is 6.14. The molecule has 0 heterocycles. The van der Waals surface area contributed by atoms with Crippen LogP contribution in [0.25, 0.3) is 0 Å². The van der Waals surface area contributed by atoms with E-state index >= 15 is 0 Å². The molecule has 1 unspecified atom stereocenters. The lowest BCUT2D eigenvalue weighted by molar-refractivity contribution is -0.114. The number of benzene rings is 2. The van der Waals surface area contributed by atoms with Gasteiger partial charge >= 0.3 is 0 Å². The Morgan fingerprint density at radius 2 is 1.58 bits per heavy atom. The summed E-state index contributed by atoms with van der Waals surface area (Å²) in [6.07, 6.45) is -0.121. The first kappa shape index (κ1) is 13.8. The van der Waals surface area contributed by atoms with Gasteiger partial charge in [-0.2, -0.15) is 0 Å². The van der Waals surface area contributed by atoms with Crippen molar-refractivity contribution < 1.29 is 9.53 Å². The van der Waals surface area contributed by atoms with Gasteiger partial charge in [0.15, 0.2) is 0 Å². The highest BCUT2D eigenvalue weighted by Gasteiger charge is 2.15. The number of rotatable bonds is 6. The minimum absolute atomic E-state index is 0.179. The highest BCUT2D eigenvalue weighted by molar-refractivity contribution is 6.63. The molecule has 0 N–H and O–H groups in total. The quantitative estimate of drug-likeness (QED) is 0.741. The van der Waals surface area contributed by atoms with Crippen molar-refractivity contribution in [1.82, 2.24) is 0 Å². The SMILES string of the molecule is O=C(Cl)CC(OCc1ccccc1)c1ccccc1. The molecule has 0 aliphatic rings. The zero-order chi connectivity index (χ0) is 13.5. The zero-order valence-corrected chi connectivity index (χ0v) is 11.2. The average Bonchev–Trinajstić information content (AvgIpc) is 2.45. The highest BCUT2D eigenvalue weighted by atomic mass is 35.5. The lowest BCUT2D eigenvalue weighted by atomic mass is 10.1. The third-order valence-electron chi connectivity index (χ3n) is 2.81. The van der Waals surface area contributed by atoms with Crippen LogP contribution in [0.3, 0.4) is 0 Å². The molecule has 0 fully saturated rings. The average molecular weight is 275 g/mol. The number of carbonyl (C=O) groups excluding carboxylic acids is 1. The summed E-state index contributed by atoms with van der Waals surface area (Å²) >= 11 is 5.49. The molecule has 0 aliphatic heterocycles. The summed E-state index contributed by atoms with van der Waals surface area (Å²) in [5.41, 5.74) is 2.04. The molecule has 2 rings (SSSR count). The molecular formula is C16H15ClO2. The molecule has 19 heavy (non-hydrogen) atoms. The zero-order valence-electron chi connectivity index (χ0n) is 10.5. The minimum Gasteiger partial charge on any atom is -0.368 e. The Morgan fingerprint density at radius 1 is 1.00 bits per heavy atom. The Bertz CT molecular complexity index is 511. The topological polar surface area (TPSA) is 26.3 Å². The van der Waals surface area contributed by atoms with Gasteiger partial charge in [-0.25, -0.2) is 0 Å². The first-order chi connectivity index (χ1) is 9.25. The van der Waals surface area contributed by atoms with Crippen molar-refractivity contribution in [1.29, 1.82) is 0 Å². The van der Waals surface area contributed by atoms with Crippen molar-refractivity contribution in [2.24, 2.45) is 0 Å². The molecule has 0 aliphatic carbocycles. The summed E-state index contributed by atoms with van der Waals surface area (Å²) in [6, 6.07) is 19.5. The van der Waals surface area contributed by atoms with Crippen molar-refractivity contribution >= 4 is 16.8 Å². The third-order valence-corrected chi connectivity index (χ3v) is 2.97. The molecule has 2 aromatic rings. The number of hydrogen-bond donors (Lipinski definition) is 0. The molecule has 2 aromatic carbocycles. The van der Waals surface area contributed by atoms with Gasteiger partial charge in [0.05, 0.1) is 19.1 Å². The standard InChI is InChI=1S/C16H15ClO2/c17-16(18)11-15(14-9-5-2-6-10-14)19-12-13-7-3-1-4-8-13/h1-10,15H,11-12H2. The Labute approximate surface area is 118 Å². The number of carbonyl (C=O) groups is 1. The van der Waals surface area contributed by atoms with Crippen molar-refractivity contribution in [2.45, 2.75) is 19.1 Å². The fraction of sp³-hybridized carbons (Fsp3) is 0.188. The second kappa shape index (κ2) is 7.07. The molecule has 2 nitrogen and oxygen atoms in total. The Balaban J connectivity index is 2.04. The van der Waals surface area contributed by atoms with E-state index in [1.54, 1.807) is 0 Å². The molecule has 0 amide bonds. The number of hydrogen-bond acceptors (Lipinski definition) is 2. The van der Waals surface area contributed by atoms with Gasteiger partial charge in [-0.3, -0.25) is 4.79 Å². The van der Waals surface area contributed by atoms with Gasteiger partial charge in [0.1, 0.15) is 0 Å². The lowest BCUT2D eigenvalue weighted by Gasteiger charge is -2.16. The van der Waals surface area contributed by atoms with E-state index < -0.39 is 0 Å². The summed E-state index contributed by atoms with van der Waals surface area (Å²) in [5, 5.41) is -0.387. The number of halogens is 1. The van der Waals surface area contributed by atoms with Crippen LogP contribution in [0.15, 0.2) is 60.7 Å². The van der Waals surface area contributed by atoms with Crippen LogP contribution >= 0.6 is 11.6 Å². The van der Waals surface area contributed by atoms with Crippen LogP contribution in [0, 0.1) is 0 Å². The Morgan fingerprint density at radius 3 is 2.16 bits per heavy atom. The summed E-state index contributed by atoms with van der Waals surface area (Å²) in [7, 11) is 0. The Hall–Kier alpha value is -1.64. The van der Waals surface area contributed by atoms with Crippen molar-refractivity contribution in [2.75, 3.05) is 0 Å². The van der Waals surface area contributed by atoms with E-state index in [4.69, 9.17) is 16.3 Å². The predicted octanol–water partition coefficient (Wildman–Crippen LogP) is 4.10. The molecule has 1 atom stereocenters. The van der Waals surface area contributed by atoms with Gasteiger partial charge in [0.2, 0.25) is 5.24 Å². The largest absolute Gasteiger partial charge is 0.368 e. The van der Waals surface area contributed by atoms with Crippen molar-refractivity contribution in [3.63, 3.8) is 0 Å². The van der Waals surface area contributed by atoms with Crippen LogP contribution in [0.2, 0.25) is 0 Å². The van der Waals surface area contributed by atoms with Gasteiger partial charge in [0.25, 0.3) is 0 Å². The summed E-state index contributed by atoms with van der Waals surface area (Å²) < 4.78 is 5.82. The Kier molecular flexibility index (Phi) is 5.13. The van der Waals surface area contributed by atoms with Gasteiger partial charge in [0, 0.05) is 0 Å². The van der Waals surface area contributed by atoms with Crippen LogP contribution in [-0.4, -0.2) is 5.24 Å². The first-order valence-corrected chi connectivity index (χ1v) is 6.52. The van der Waals surface area contributed by atoms with Crippen LogP contribution in [0.1, 0.15) is 23.7 Å². The van der Waals surface area contributed by atoms with Crippen molar-refractivity contribution in [3.8, 4) is 0 Å². The lowest BCUT2D eigenvalue weighted by Crippen LogP contribution is -2.07. The maximum Gasteiger partial charge on any atom is 0.224 e. The molecule has 0 bridgehead atoms. The maximum absolute atomic E-state index is 11.1. The monoisotopic (exact) mass is 274 g/mol. The van der Waals surface area contributed by atoms with Crippen molar-refractivity contribution in [3.05, 3.63) is 71.8 Å². The van der Waals surface area contributed by atoms with E-state index in [9.17, 15) is 4.79 Å². The van der Waals surface area contributed by atoms with Crippen LogP contribution in [-0.2, 0) is 16.1 Å². The van der Waals surface area contributed by atoms with Gasteiger partial charge in [-0.05, 0) is 22.7 Å². The van der Waals surface area contributed by atoms with E-state index in [0.29, 0.717) is 6.61 Å². The van der Waals surface area contributed by atoms with Crippen LogP contribution < -0.4 is 0 Å². The molecule has 0 saturated heterocycles. The van der Waals surface area contributed by atoms with Gasteiger partial charge in [-0.1, -0.05) is 60.7 Å². The fourth-order valence-electron chi connectivity index (χ4n) is 1.86. The normalized spacial score (nSPS) is 12.1. The molecule has 98 valence electrons. The summed E-state index contributed by atoms with van der Waals surface area (Å²) in [4.78, 5) is 11.1. The molecule has 0 spiro atoms. The molecule has 0 radical (unpaired) electrons. The van der Waals surface area contributed by atoms with Crippen LogP contribution in [0.4, 0.5) is 0 Å². The fourth-order valence-corrected chi connectivity index (χ4v) is 2.00. The predicted molar refractivity (Wildman–Crippen MR) is 75.9 cm³/mol. The minimum atomic E-state index is -0.387. The molecule has 0 aromatic heterocycles. The van der Waals surface area contributed by atoms with E-state index in [1.807, 2.05) is 60.7 Å². The van der Waals surface area contributed by atoms with E-state index in [0.717, 1.165) is 11.1 Å². The van der Waals surface area contributed by atoms with E-state index in [1.165, 1.54) is 0 Å². The van der Waals surface area contributed by atoms with Gasteiger partial charge < -0.3 is 4.74 Å². The molecule has 3 heteroatoms. The summed E-state index contributed by atoms with van der Waals surface area (Å²) in [5.74, 6) is 0. The maximum atomic E-state index is 11.1. The molecular weight excluding hydrogens is 260 g/mol. The van der Waals surface area contributed by atoms with Crippen LogP contribution in [0.5, 0.6) is 0 Å². The third kappa shape index (κ3) is 4.51. The van der Waals surface area contributed by atoms with Gasteiger partial charge in [-0.15, -0.1) is 0 Å². The summed E-state index contributed by atoms with van der Waals surface area (Å²) in [6.45, 7) is 0.463. The van der Waals surface area contributed by atoms with E-state index in [2.05, 4.69) is 0 Å². The highest BCUT2D eigenvalue weighted by Crippen LogP contribution is 2.23. The number of ether oxygens (including phenoxy) is 1. The smallest absolute Gasteiger partial charge is 0.224 e.